The third kappa shape index (κ3) is 3.19. The van der Waals surface area contributed by atoms with Crippen LogP contribution in [0.5, 0.6) is 5.75 Å². The SMILES string of the molecule is COc1ccc([N+](=O)[O-])cc1/C=C(/C#N)c1cccc2ccccc12. The van der Waals surface area contributed by atoms with Crippen LogP contribution in [0.1, 0.15) is 11.1 Å². The molecule has 0 atom stereocenters. The summed E-state index contributed by atoms with van der Waals surface area (Å²) in [5.74, 6) is 0.471. The summed E-state index contributed by atoms with van der Waals surface area (Å²) in [6.45, 7) is 0. The predicted molar refractivity (Wildman–Crippen MR) is 97.1 cm³/mol. The first kappa shape index (κ1) is 16.2. The lowest BCUT2D eigenvalue weighted by atomic mass is 9.97. The van der Waals surface area contributed by atoms with Gasteiger partial charge in [0.2, 0.25) is 0 Å². The van der Waals surface area contributed by atoms with Crippen molar-refractivity contribution in [1.29, 1.82) is 5.26 Å². The summed E-state index contributed by atoms with van der Waals surface area (Å²) in [5, 5.41) is 22.6. The standard InChI is InChI=1S/C20H14N2O3/c1-25-20-10-9-17(22(23)24)12-15(20)11-16(13-21)19-8-4-6-14-5-2-3-7-18(14)19/h2-12H,1H3/b16-11-. The van der Waals surface area contributed by atoms with Crippen LogP contribution in [0.25, 0.3) is 22.4 Å². The van der Waals surface area contributed by atoms with E-state index in [1.54, 1.807) is 6.08 Å². The highest BCUT2D eigenvalue weighted by Crippen LogP contribution is 2.30. The zero-order valence-corrected chi connectivity index (χ0v) is 13.5. The van der Waals surface area contributed by atoms with E-state index in [-0.39, 0.29) is 5.69 Å². The first-order valence-electron chi connectivity index (χ1n) is 7.56. The van der Waals surface area contributed by atoms with Crippen LogP contribution in [0, 0.1) is 21.4 Å². The monoisotopic (exact) mass is 330 g/mol. The number of fused-ring (bicyclic) bond motifs is 1. The zero-order valence-electron chi connectivity index (χ0n) is 13.5. The lowest BCUT2D eigenvalue weighted by Gasteiger charge is -2.08. The quantitative estimate of drug-likeness (QED) is 0.297. The number of nitriles is 1. The molecular formula is C20H14N2O3. The smallest absolute Gasteiger partial charge is 0.270 e. The molecular weight excluding hydrogens is 316 g/mol. The van der Waals surface area contributed by atoms with E-state index in [0.29, 0.717) is 16.9 Å². The minimum atomic E-state index is -0.471. The van der Waals surface area contributed by atoms with Crippen molar-refractivity contribution in [3.8, 4) is 11.8 Å². The van der Waals surface area contributed by atoms with Gasteiger partial charge < -0.3 is 4.74 Å². The number of non-ortho nitro benzene ring substituents is 1. The lowest BCUT2D eigenvalue weighted by Crippen LogP contribution is -1.93. The van der Waals surface area contributed by atoms with Crippen LogP contribution in [-0.2, 0) is 0 Å². The molecule has 0 aliphatic carbocycles. The van der Waals surface area contributed by atoms with E-state index in [1.807, 2.05) is 42.5 Å². The summed E-state index contributed by atoms with van der Waals surface area (Å²) in [6.07, 6.45) is 1.62. The molecule has 0 unspecified atom stereocenters. The fraction of sp³-hybridized carbons (Fsp3) is 0.0500. The second-order valence-electron chi connectivity index (χ2n) is 5.38. The Morgan fingerprint density at radius 3 is 2.64 bits per heavy atom. The summed E-state index contributed by atoms with van der Waals surface area (Å²) in [4.78, 5) is 10.6. The van der Waals surface area contributed by atoms with Gasteiger partial charge in [-0.2, -0.15) is 5.26 Å². The van der Waals surface area contributed by atoms with Gasteiger partial charge in [0.25, 0.3) is 5.69 Å². The van der Waals surface area contributed by atoms with Crippen molar-refractivity contribution < 1.29 is 9.66 Å². The van der Waals surface area contributed by atoms with E-state index in [1.165, 1.54) is 25.3 Å². The molecule has 0 N–H and O–H groups in total. The molecule has 0 saturated carbocycles. The Morgan fingerprint density at radius 1 is 1.16 bits per heavy atom. The average Bonchev–Trinajstić information content (AvgIpc) is 2.65. The zero-order chi connectivity index (χ0) is 17.8. The van der Waals surface area contributed by atoms with Crippen LogP contribution in [0.3, 0.4) is 0 Å². The Labute approximate surface area is 144 Å². The number of methoxy groups -OCH3 is 1. The highest BCUT2D eigenvalue weighted by molar-refractivity contribution is 6.02. The average molecular weight is 330 g/mol. The lowest BCUT2D eigenvalue weighted by molar-refractivity contribution is -0.384. The first-order valence-corrected chi connectivity index (χ1v) is 7.56. The van der Waals surface area contributed by atoms with Gasteiger partial charge in [-0.05, 0) is 22.9 Å². The molecule has 122 valence electrons. The minimum Gasteiger partial charge on any atom is -0.496 e. The molecule has 3 rings (SSSR count). The number of hydrogen-bond donors (Lipinski definition) is 0. The summed E-state index contributed by atoms with van der Waals surface area (Å²) >= 11 is 0. The highest BCUT2D eigenvalue weighted by atomic mass is 16.6. The maximum Gasteiger partial charge on any atom is 0.270 e. The van der Waals surface area contributed by atoms with Crippen molar-refractivity contribution in [2.45, 2.75) is 0 Å². The van der Waals surface area contributed by atoms with Crippen LogP contribution in [0.2, 0.25) is 0 Å². The highest BCUT2D eigenvalue weighted by Gasteiger charge is 2.12. The van der Waals surface area contributed by atoms with Crippen LogP contribution in [0.4, 0.5) is 5.69 Å². The number of hydrogen-bond acceptors (Lipinski definition) is 4. The number of ether oxygens (including phenoxy) is 1. The van der Waals surface area contributed by atoms with Gasteiger partial charge in [-0.1, -0.05) is 42.5 Å². The third-order valence-electron chi connectivity index (χ3n) is 3.92. The molecule has 0 aliphatic heterocycles. The van der Waals surface area contributed by atoms with Crippen molar-refractivity contribution in [1.82, 2.24) is 0 Å². The topological polar surface area (TPSA) is 76.2 Å². The number of benzene rings is 3. The second-order valence-corrected chi connectivity index (χ2v) is 5.38. The van der Waals surface area contributed by atoms with Gasteiger partial charge in [-0.15, -0.1) is 0 Å². The summed E-state index contributed by atoms with van der Waals surface area (Å²) in [6, 6.07) is 20.0. The molecule has 5 heteroatoms. The molecule has 0 heterocycles. The number of nitro benzene ring substituents is 1. The number of nitrogens with zero attached hydrogens (tertiary/aromatic N) is 2. The fourth-order valence-corrected chi connectivity index (χ4v) is 2.73. The van der Waals surface area contributed by atoms with E-state index in [2.05, 4.69) is 6.07 Å². The van der Waals surface area contributed by atoms with E-state index in [4.69, 9.17) is 4.74 Å². The van der Waals surface area contributed by atoms with Crippen molar-refractivity contribution in [2.75, 3.05) is 7.11 Å². The Bertz CT molecular complexity index is 1030. The summed E-state index contributed by atoms with van der Waals surface area (Å²) < 4.78 is 5.27. The molecule has 25 heavy (non-hydrogen) atoms. The van der Waals surface area contributed by atoms with Crippen molar-refractivity contribution >= 4 is 28.1 Å². The molecule has 3 aromatic rings. The van der Waals surface area contributed by atoms with Crippen LogP contribution < -0.4 is 4.74 Å². The van der Waals surface area contributed by atoms with Gasteiger partial charge in [0.1, 0.15) is 5.75 Å². The second kappa shape index (κ2) is 6.85. The Morgan fingerprint density at radius 2 is 1.92 bits per heavy atom. The molecule has 0 spiro atoms. The summed E-state index contributed by atoms with van der Waals surface area (Å²) in [5.41, 5.74) is 1.62. The van der Waals surface area contributed by atoms with Gasteiger partial charge >= 0.3 is 0 Å². The Balaban J connectivity index is 2.20. The van der Waals surface area contributed by atoms with Crippen molar-refractivity contribution in [3.63, 3.8) is 0 Å². The number of allylic oxidation sites excluding steroid dienone is 1. The van der Waals surface area contributed by atoms with Gasteiger partial charge in [-0.3, -0.25) is 10.1 Å². The van der Waals surface area contributed by atoms with E-state index >= 15 is 0 Å². The molecule has 0 radical (unpaired) electrons. The van der Waals surface area contributed by atoms with Crippen LogP contribution >= 0.6 is 0 Å². The van der Waals surface area contributed by atoms with Gasteiger partial charge in [-0.25, -0.2) is 0 Å². The molecule has 0 bridgehead atoms. The predicted octanol–water partition coefficient (Wildman–Crippen LogP) is 4.82. The van der Waals surface area contributed by atoms with Crippen molar-refractivity contribution in [3.05, 3.63) is 81.9 Å². The van der Waals surface area contributed by atoms with Gasteiger partial charge in [0.15, 0.2) is 0 Å². The molecule has 5 nitrogen and oxygen atoms in total. The van der Waals surface area contributed by atoms with Gasteiger partial charge in [0, 0.05) is 23.3 Å². The normalized spacial score (nSPS) is 11.1. The number of rotatable bonds is 4. The van der Waals surface area contributed by atoms with Crippen molar-refractivity contribution in [2.24, 2.45) is 0 Å². The maximum absolute atomic E-state index is 11.0. The third-order valence-corrected chi connectivity index (χ3v) is 3.92. The molecule has 0 aromatic heterocycles. The van der Waals surface area contributed by atoms with E-state index in [0.717, 1.165) is 16.3 Å². The van der Waals surface area contributed by atoms with Gasteiger partial charge in [0.05, 0.1) is 23.7 Å². The summed E-state index contributed by atoms with van der Waals surface area (Å²) in [7, 11) is 1.49. The molecule has 0 amide bonds. The van der Waals surface area contributed by atoms with Crippen LogP contribution in [-0.4, -0.2) is 12.0 Å². The first-order chi connectivity index (χ1) is 12.1. The molecule has 0 saturated heterocycles. The molecule has 3 aromatic carbocycles. The van der Waals surface area contributed by atoms with Crippen LogP contribution in [0.15, 0.2) is 60.7 Å². The molecule has 0 aliphatic rings. The molecule has 0 fully saturated rings. The Hall–Kier alpha value is -3.65. The van der Waals surface area contributed by atoms with E-state index in [9.17, 15) is 15.4 Å². The largest absolute Gasteiger partial charge is 0.496 e. The maximum atomic E-state index is 11.0. The van der Waals surface area contributed by atoms with E-state index < -0.39 is 4.92 Å². The number of nitro groups is 1. The fourth-order valence-electron chi connectivity index (χ4n) is 2.73. The minimum absolute atomic E-state index is 0.0535. The Kier molecular flexibility index (Phi) is 4.44.